The predicted octanol–water partition coefficient (Wildman–Crippen LogP) is 2.37. The molecule has 1 rings (SSSR count). The number of aliphatic hydroxyl groups is 1. The van der Waals surface area contributed by atoms with Gasteiger partial charge in [0, 0.05) is 12.3 Å². The second kappa shape index (κ2) is 5.32. The summed E-state index contributed by atoms with van der Waals surface area (Å²) in [6.07, 6.45) is 1.64. The first-order valence-electron chi connectivity index (χ1n) is 4.51. The van der Waals surface area contributed by atoms with Gasteiger partial charge in [0.05, 0.1) is 23.4 Å². The van der Waals surface area contributed by atoms with E-state index in [1.54, 1.807) is 12.3 Å². The van der Waals surface area contributed by atoms with Gasteiger partial charge in [-0.2, -0.15) is 0 Å². The molecule has 0 aromatic carbocycles. The highest BCUT2D eigenvalue weighted by atomic mass is 79.9. The van der Waals surface area contributed by atoms with Gasteiger partial charge in [0.15, 0.2) is 0 Å². The smallest absolute Gasteiger partial charge is 0.136 e. The number of nitrogens with zero attached hydrogens (tertiary/aromatic N) is 1. The van der Waals surface area contributed by atoms with Gasteiger partial charge in [0.1, 0.15) is 5.75 Å². The fourth-order valence-corrected chi connectivity index (χ4v) is 1.25. The number of halogens is 1. The van der Waals surface area contributed by atoms with Crippen LogP contribution >= 0.6 is 15.9 Å². The van der Waals surface area contributed by atoms with E-state index >= 15 is 0 Å². The van der Waals surface area contributed by atoms with Crippen LogP contribution in [0.5, 0.6) is 5.75 Å². The first-order valence-corrected chi connectivity index (χ1v) is 5.31. The van der Waals surface area contributed by atoms with Crippen LogP contribution in [-0.4, -0.2) is 16.7 Å². The van der Waals surface area contributed by atoms with Crippen LogP contribution in [0.3, 0.4) is 0 Å². The highest BCUT2D eigenvalue weighted by molar-refractivity contribution is 9.10. The van der Waals surface area contributed by atoms with E-state index in [2.05, 4.69) is 34.8 Å². The molecule has 0 aliphatic carbocycles. The Bertz CT molecular complexity index is 302. The zero-order valence-corrected chi connectivity index (χ0v) is 9.91. The van der Waals surface area contributed by atoms with Crippen LogP contribution in [0.2, 0.25) is 0 Å². The summed E-state index contributed by atoms with van der Waals surface area (Å²) < 4.78 is 6.36. The van der Waals surface area contributed by atoms with Crippen LogP contribution in [0, 0.1) is 5.92 Å². The van der Waals surface area contributed by atoms with Crippen LogP contribution in [0.25, 0.3) is 0 Å². The van der Waals surface area contributed by atoms with Gasteiger partial charge in [-0.05, 0) is 21.8 Å². The first kappa shape index (κ1) is 11.5. The lowest BCUT2D eigenvalue weighted by molar-refractivity contribution is 0.261. The van der Waals surface area contributed by atoms with Gasteiger partial charge in [0.2, 0.25) is 0 Å². The minimum Gasteiger partial charge on any atom is -0.492 e. The van der Waals surface area contributed by atoms with E-state index in [-0.39, 0.29) is 6.61 Å². The normalized spacial score (nSPS) is 10.6. The van der Waals surface area contributed by atoms with Crippen molar-refractivity contribution in [3.05, 3.63) is 22.4 Å². The summed E-state index contributed by atoms with van der Waals surface area (Å²) in [5.41, 5.74) is 0.618. The molecule has 0 unspecified atom stereocenters. The Hall–Kier alpha value is -0.610. The standard InChI is InChI=1S/C10H14BrNO2/c1-7(2)6-14-10-3-8(5-13)12-4-9(10)11/h3-4,7,13H,5-6H2,1-2H3. The lowest BCUT2D eigenvalue weighted by Gasteiger charge is -2.10. The molecule has 0 aliphatic rings. The van der Waals surface area contributed by atoms with Gasteiger partial charge in [-0.15, -0.1) is 0 Å². The second-order valence-electron chi connectivity index (χ2n) is 3.47. The number of aliphatic hydroxyl groups excluding tert-OH is 1. The van der Waals surface area contributed by atoms with Gasteiger partial charge in [-0.25, -0.2) is 0 Å². The van der Waals surface area contributed by atoms with E-state index in [1.165, 1.54) is 0 Å². The van der Waals surface area contributed by atoms with Gasteiger partial charge in [0.25, 0.3) is 0 Å². The van der Waals surface area contributed by atoms with E-state index in [1.807, 2.05) is 0 Å². The van der Waals surface area contributed by atoms with Gasteiger partial charge in [-0.1, -0.05) is 13.8 Å². The van der Waals surface area contributed by atoms with Crippen molar-refractivity contribution in [3.63, 3.8) is 0 Å². The maximum Gasteiger partial charge on any atom is 0.136 e. The van der Waals surface area contributed by atoms with E-state index in [9.17, 15) is 0 Å². The van der Waals surface area contributed by atoms with Crippen molar-refractivity contribution in [1.82, 2.24) is 4.98 Å². The number of hydrogen-bond acceptors (Lipinski definition) is 3. The summed E-state index contributed by atoms with van der Waals surface area (Å²) in [7, 11) is 0. The average Bonchev–Trinajstić information content (AvgIpc) is 2.16. The second-order valence-corrected chi connectivity index (χ2v) is 4.32. The highest BCUT2D eigenvalue weighted by Crippen LogP contribution is 2.24. The highest BCUT2D eigenvalue weighted by Gasteiger charge is 2.04. The van der Waals surface area contributed by atoms with Crippen molar-refractivity contribution in [2.45, 2.75) is 20.5 Å². The summed E-state index contributed by atoms with van der Waals surface area (Å²) in [5.74, 6) is 1.21. The Morgan fingerprint density at radius 2 is 2.29 bits per heavy atom. The van der Waals surface area contributed by atoms with E-state index < -0.39 is 0 Å². The number of aromatic nitrogens is 1. The van der Waals surface area contributed by atoms with Gasteiger partial charge < -0.3 is 9.84 Å². The Morgan fingerprint density at radius 1 is 1.57 bits per heavy atom. The zero-order valence-electron chi connectivity index (χ0n) is 8.33. The summed E-state index contributed by atoms with van der Waals surface area (Å²) in [5, 5.41) is 8.90. The van der Waals surface area contributed by atoms with E-state index in [4.69, 9.17) is 9.84 Å². The SMILES string of the molecule is CC(C)COc1cc(CO)ncc1Br. The molecule has 0 atom stereocenters. The Morgan fingerprint density at radius 3 is 2.86 bits per heavy atom. The molecule has 1 heterocycles. The summed E-state index contributed by atoms with van der Waals surface area (Å²) >= 11 is 3.34. The first-order chi connectivity index (χ1) is 6.63. The molecular formula is C10H14BrNO2. The summed E-state index contributed by atoms with van der Waals surface area (Å²) in [6.45, 7) is 4.77. The molecule has 1 N–H and O–H groups in total. The largest absolute Gasteiger partial charge is 0.492 e. The molecule has 0 fully saturated rings. The van der Waals surface area contributed by atoms with Crippen molar-refractivity contribution in [2.75, 3.05) is 6.61 Å². The van der Waals surface area contributed by atoms with Crippen LogP contribution in [0.15, 0.2) is 16.7 Å². The molecule has 14 heavy (non-hydrogen) atoms. The number of rotatable bonds is 4. The third-order valence-electron chi connectivity index (χ3n) is 1.61. The molecule has 0 spiro atoms. The average molecular weight is 260 g/mol. The molecule has 3 nitrogen and oxygen atoms in total. The predicted molar refractivity (Wildman–Crippen MR) is 58.2 cm³/mol. The van der Waals surface area contributed by atoms with Crippen molar-refractivity contribution < 1.29 is 9.84 Å². The van der Waals surface area contributed by atoms with Crippen LogP contribution in [0.1, 0.15) is 19.5 Å². The van der Waals surface area contributed by atoms with Crippen LogP contribution in [0.4, 0.5) is 0 Å². The molecule has 1 aromatic rings. The lowest BCUT2D eigenvalue weighted by atomic mass is 10.2. The molecule has 0 amide bonds. The summed E-state index contributed by atoms with van der Waals surface area (Å²) in [4.78, 5) is 4.01. The molecule has 0 radical (unpaired) electrons. The molecule has 4 heteroatoms. The van der Waals surface area contributed by atoms with Crippen LogP contribution < -0.4 is 4.74 Å². The third kappa shape index (κ3) is 3.27. The fraction of sp³-hybridized carbons (Fsp3) is 0.500. The Kier molecular flexibility index (Phi) is 4.35. The number of pyridine rings is 1. The maximum absolute atomic E-state index is 8.90. The molecule has 0 aliphatic heterocycles. The van der Waals surface area contributed by atoms with Gasteiger partial charge >= 0.3 is 0 Å². The van der Waals surface area contributed by atoms with E-state index in [0.717, 1.165) is 10.2 Å². The number of ether oxygens (including phenoxy) is 1. The Labute approximate surface area is 92.3 Å². The summed E-state index contributed by atoms with van der Waals surface area (Å²) in [6, 6.07) is 1.74. The maximum atomic E-state index is 8.90. The molecule has 0 saturated carbocycles. The quantitative estimate of drug-likeness (QED) is 0.903. The van der Waals surface area contributed by atoms with Crippen molar-refractivity contribution in [3.8, 4) is 5.75 Å². The number of hydrogen-bond donors (Lipinski definition) is 1. The van der Waals surface area contributed by atoms with Crippen molar-refractivity contribution in [2.24, 2.45) is 5.92 Å². The minimum absolute atomic E-state index is 0.0642. The zero-order chi connectivity index (χ0) is 10.6. The molecule has 1 aromatic heterocycles. The molecule has 0 bridgehead atoms. The van der Waals surface area contributed by atoms with E-state index in [0.29, 0.717) is 18.2 Å². The van der Waals surface area contributed by atoms with Crippen molar-refractivity contribution in [1.29, 1.82) is 0 Å². The lowest BCUT2D eigenvalue weighted by Crippen LogP contribution is -2.05. The molecule has 0 saturated heterocycles. The third-order valence-corrected chi connectivity index (χ3v) is 2.21. The van der Waals surface area contributed by atoms with Crippen LogP contribution in [-0.2, 0) is 6.61 Å². The monoisotopic (exact) mass is 259 g/mol. The fourth-order valence-electron chi connectivity index (χ4n) is 0.914. The minimum atomic E-state index is -0.0642. The topological polar surface area (TPSA) is 42.4 Å². The van der Waals surface area contributed by atoms with Crippen molar-refractivity contribution >= 4 is 15.9 Å². The van der Waals surface area contributed by atoms with Gasteiger partial charge in [-0.3, -0.25) is 4.98 Å². The molecule has 78 valence electrons. The Balaban J connectivity index is 2.73. The molecular weight excluding hydrogens is 246 g/mol.